The molecular weight excluding hydrogens is 352 g/mol. The van der Waals surface area contributed by atoms with Gasteiger partial charge in [0, 0.05) is 6.54 Å². The molecule has 1 N–H and O–H groups in total. The first kappa shape index (κ1) is 19.5. The number of nitrogens with zero attached hydrogens (tertiary/aromatic N) is 1. The molecule has 0 unspecified atom stereocenters. The van der Waals surface area contributed by atoms with Gasteiger partial charge < -0.3 is 14.8 Å². The minimum Gasteiger partial charge on any atom is -0.497 e. The molecule has 5 heteroatoms. The van der Waals surface area contributed by atoms with E-state index in [1.807, 2.05) is 90.8 Å². The second-order valence-electron chi connectivity index (χ2n) is 6.48. The first-order valence-electron chi connectivity index (χ1n) is 9.07. The second-order valence-corrected chi connectivity index (χ2v) is 6.48. The van der Waals surface area contributed by atoms with Crippen LogP contribution in [0.3, 0.4) is 0 Å². The van der Waals surface area contributed by atoms with Gasteiger partial charge in [0.25, 0.3) is 0 Å². The molecule has 0 radical (unpaired) electrons. The van der Waals surface area contributed by atoms with Crippen molar-refractivity contribution in [3.63, 3.8) is 0 Å². The van der Waals surface area contributed by atoms with Crippen LogP contribution in [0.2, 0.25) is 0 Å². The van der Waals surface area contributed by atoms with Gasteiger partial charge in [0.1, 0.15) is 11.5 Å². The Kier molecular flexibility index (Phi) is 6.65. The zero-order chi connectivity index (χ0) is 19.8. The third-order valence-electron chi connectivity index (χ3n) is 4.13. The van der Waals surface area contributed by atoms with E-state index in [4.69, 9.17) is 9.47 Å². The summed E-state index contributed by atoms with van der Waals surface area (Å²) in [6.07, 6.45) is 0. The molecule has 0 spiro atoms. The fraction of sp³-hybridized carbons (Fsp3) is 0.174. The SMILES string of the molecule is COc1cccc(CN(C)CC(=O)Nc2ccccc2Oc2ccccc2)c1. The predicted molar refractivity (Wildman–Crippen MR) is 111 cm³/mol. The summed E-state index contributed by atoms with van der Waals surface area (Å²) >= 11 is 0. The number of benzene rings is 3. The summed E-state index contributed by atoms with van der Waals surface area (Å²) in [5, 5.41) is 2.94. The lowest BCUT2D eigenvalue weighted by Gasteiger charge is -2.18. The maximum Gasteiger partial charge on any atom is 0.238 e. The van der Waals surface area contributed by atoms with E-state index in [0.29, 0.717) is 18.0 Å². The molecule has 3 aromatic carbocycles. The highest BCUT2D eigenvalue weighted by Gasteiger charge is 2.11. The number of hydrogen-bond donors (Lipinski definition) is 1. The number of para-hydroxylation sites is 3. The van der Waals surface area contributed by atoms with Crippen molar-refractivity contribution in [1.82, 2.24) is 4.90 Å². The first-order chi connectivity index (χ1) is 13.6. The molecule has 0 saturated heterocycles. The van der Waals surface area contributed by atoms with Crippen LogP contribution >= 0.6 is 0 Å². The van der Waals surface area contributed by atoms with E-state index in [1.54, 1.807) is 7.11 Å². The normalized spacial score (nSPS) is 10.5. The van der Waals surface area contributed by atoms with Crippen molar-refractivity contribution in [2.45, 2.75) is 6.54 Å². The second kappa shape index (κ2) is 9.58. The summed E-state index contributed by atoms with van der Waals surface area (Å²) < 4.78 is 11.1. The summed E-state index contributed by atoms with van der Waals surface area (Å²) in [6.45, 7) is 0.906. The molecule has 144 valence electrons. The number of nitrogens with one attached hydrogen (secondary N) is 1. The lowest BCUT2D eigenvalue weighted by Crippen LogP contribution is -2.29. The van der Waals surface area contributed by atoms with Gasteiger partial charge in [-0.25, -0.2) is 0 Å². The van der Waals surface area contributed by atoms with Gasteiger partial charge in [-0.1, -0.05) is 42.5 Å². The molecule has 0 aliphatic carbocycles. The average Bonchev–Trinajstić information content (AvgIpc) is 2.70. The van der Waals surface area contributed by atoms with E-state index in [-0.39, 0.29) is 12.5 Å². The Morgan fingerprint density at radius 2 is 1.64 bits per heavy atom. The van der Waals surface area contributed by atoms with Crippen molar-refractivity contribution < 1.29 is 14.3 Å². The van der Waals surface area contributed by atoms with Crippen LogP contribution in [-0.2, 0) is 11.3 Å². The molecule has 5 nitrogen and oxygen atoms in total. The topological polar surface area (TPSA) is 50.8 Å². The maximum atomic E-state index is 12.5. The third kappa shape index (κ3) is 5.59. The largest absolute Gasteiger partial charge is 0.497 e. The summed E-state index contributed by atoms with van der Waals surface area (Å²) in [4.78, 5) is 14.5. The minimum absolute atomic E-state index is 0.102. The van der Waals surface area contributed by atoms with Gasteiger partial charge in [-0.15, -0.1) is 0 Å². The molecule has 0 saturated carbocycles. The smallest absolute Gasteiger partial charge is 0.238 e. The highest BCUT2D eigenvalue weighted by atomic mass is 16.5. The maximum absolute atomic E-state index is 12.5. The Morgan fingerprint density at radius 3 is 2.43 bits per heavy atom. The Balaban J connectivity index is 1.60. The first-order valence-corrected chi connectivity index (χ1v) is 9.07. The fourth-order valence-corrected chi connectivity index (χ4v) is 2.85. The number of anilines is 1. The Bertz CT molecular complexity index is 912. The molecule has 0 fully saturated rings. The van der Waals surface area contributed by atoms with E-state index in [0.717, 1.165) is 17.1 Å². The number of rotatable bonds is 8. The quantitative estimate of drug-likeness (QED) is 0.626. The number of likely N-dealkylation sites (N-methyl/N-ethyl adjacent to an activating group) is 1. The van der Waals surface area contributed by atoms with Gasteiger partial charge in [-0.3, -0.25) is 9.69 Å². The molecule has 0 bridgehead atoms. The Hall–Kier alpha value is -3.31. The average molecular weight is 376 g/mol. The molecule has 0 aliphatic heterocycles. The number of amides is 1. The van der Waals surface area contributed by atoms with Gasteiger partial charge in [-0.05, 0) is 49.0 Å². The van der Waals surface area contributed by atoms with Crippen molar-refractivity contribution in [3.05, 3.63) is 84.4 Å². The third-order valence-corrected chi connectivity index (χ3v) is 4.13. The van der Waals surface area contributed by atoms with E-state index in [2.05, 4.69) is 5.32 Å². The van der Waals surface area contributed by atoms with Crippen molar-refractivity contribution >= 4 is 11.6 Å². The van der Waals surface area contributed by atoms with Crippen molar-refractivity contribution in [1.29, 1.82) is 0 Å². The molecular formula is C23H24N2O3. The number of carbonyl (C=O) groups excluding carboxylic acids is 1. The minimum atomic E-state index is -0.102. The Labute approximate surface area is 165 Å². The van der Waals surface area contributed by atoms with Crippen LogP contribution in [0.4, 0.5) is 5.69 Å². The monoisotopic (exact) mass is 376 g/mol. The van der Waals surface area contributed by atoms with Crippen LogP contribution in [0.25, 0.3) is 0 Å². The highest BCUT2D eigenvalue weighted by Crippen LogP contribution is 2.29. The van der Waals surface area contributed by atoms with Gasteiger partial charge in [0.05, 0.1) is 19.3 Å². The van der Waals surface area contributed by atoms with Crippen LogP contribution in [-0.4, -0.2) is 31.5 Å². The van der Waals surface area contributed by atoms with Gasteiger partial charge in [-0.2, -0.15) is 0 Å². The zero-order valence-corrected chi connectivity index (χ0v) is 16.1. The van der Waals surface area contributed by atoms with E-state index in [1.165, 1.54) is 0 Å². The highest BCUT2D eigenvalue weighted by molar-refractivity contribution is 5.93. The van der Waals surface area contributed by atoms with E-state index < -0.39 is 0 Å². The van der Waals surface area contributed by atoms with Crippen molar-refractivity contribution in [2.24, 2.45) is 0 Å². The molecule has 0 atom stereocenters. The zero-order valence-electron chi connectivity index (χ0n) is 16.1. The number of ether oxygens (including phenoxy) is 2. The van der Waals surface area contributed by atoms with Gasteiger partial charge in [0.2, 0.25) is 5.91 Å². The van der Waals surface area contributed by atoms with Crippen molar-refractivity contribution in [3.8, 4) is 17.2 Å². The Morgan fingerprint density at radius 1 is 0.929 bits per heavy atom. The number of hydrogen-bond acceptors (Lipinski definition) is 4. The predicted octanol–water partition coefficient (Wildman–Crippen LogP) is 4.56. The molecule has 0 aromatic heterocycles. The van der Waals surface area contributed by atoms with Gasteiger partial charge >= 0.3 is 0 Å². The summed E-state index contributed by atoms with van der Waals surface area (Å²) in [7, 11) is 3.55. The van der Waals surface area contributed by atoms with Crippen LogP contribution in [0, 0.1) is 0 Å². The van der Waals surface area contributed by atoms with Crippen LogP contribution in [0.15, 0.2) is 78.9 Å². The van der Waals surface area contributed by atoms with Crippen molar-refractivity contribution in [2.75, 3.05) is 26.0 Å². The molecule has 28 heavy (non-hydrogen) atoms. The lowest BCUT2D eigenvalue weighted by atomic mass is 10.2. The standard InChI is InChI=1S/C23H24N2O3/c1-25(16-18-9-8-12-20(15-18)27-2)17-23(26)24-21-13-6-7-14-22(21)28-19-10-4-3-5-11-19/h3-15H,16-17H2,1-2H3,(H,24,26). The van der Waals surface area contributed by atoms with Crippen LogP contribution < -0.4 is 14.8 Å². The lowest BCUT2D eigenvalue weighted by molar-refractivity contribution is -0.117. The summed E-state index contributed by atoms with van der Waals surface area (Å²) in [5.74, 6) is 2.04. The van der Waals surface area contributed by atoms with Crippen LogP contribution in [0.1, 0.15) is 5.56 Å². The fourth-order valence-electron chi connectivity index (χ4n) is 2.85. The van der Waals surface area contributed by atoms with Gasteiger partial charge in [0.15, 0.2) is 5.75 Å². The van der Waals surface area contributed by atoms with E-state index in [9.17, 15) is 4.79 Å². The number of carbonyl (C=O) groups is 1. The molecule has 0 heterocycles. The molecule has 3 rings (SSSR count). The summed E-state index contributed by atoms with van der Waals surface area (Å²) in [6, 6.07) is 24.7. The summed E-state index contributed by atoms with van der Waals surface area (Å²) in [5.41, 5.74) is 1.73. The molecule has 0 aliphatic rings. The number of methoxy groups -OCH3 is 1. The molecule has 1 amide bonds. The van der Waals surface area contributed by atoms with Crippen LogP contribution in [0.5, 0.6) is 17.2 Å². The van der Waals surface area contributed by atoms with E-state index >= 15 is 0 Å². The molecule has 3 aromatic rings.